The Morgan fingerprint density at radius 2 is 2.27 bits per heavy atom. The van der Waals surface area contributed by atoms with Crippen LogP contribution in [-0.2, 0) is 6.42 Å². The summed E-state index contributed by atoms with van der Waals surface area (Å²) in [6, 6.07) is 1.42. The number of nitrogens with two attached hydrogens (primary N) is 1. The zero-order valence-electron chi connectivity index (χ0n) is 7.98. The first-order valence-electron chi connectivity index (χ1n) is 4.55. The van der Waals surface area contributed by atoms with Crippen molar-refractivity contribution in [1.82, 2.24) is 9.97 Å². The molecule has 0 aliphatic rings. The Labute approximate surface area is 90.8 Å². The van der Waals surface area contributed by atoms with E-state index in [2.05, 4.69) is 9.97 Å². The molecule has 0 aliphatic carbocycles. The highest BCUT2D eigenvalue weighted by Crippen LogP contribution is 2.21. The maximum atomic E-state index is 12.9. The number of rotatable bonds is 3. The van der Waals surface area contributed by atoms with Gasteiger partial charge in [0.1, 0.15) is 5.82 Å². The molecule has 0 saturated heterocycles. The third-order valence-electron chi connectivity index (χ3n) is 1.91. The van der Waals surface area contributed by atoms with Crippen LogP contribution >= 0.6 is 11.3 Å². The molecule has 0 aromatic carbocycles. The minimum atomic E-state index is -0.346. The van der Waals surface area contributed by atoms with Crippen molar-refractivity contribution >= 4 is 11.3 Å². The molecular weight excluding hydrogens is 213 g/mol. The maximum absolute atomic E-state index is 12.9. The summed E-state index contributed by atoms with van der Waals surface area (Å²) in [5, 5.41) is 2.86. The molecule has 0 fully saturated rings. The molecule has 2 heterocycles. The van der Waals surface area contributed by atoms with Gasteiger partial charge < -0.3 is 5.73 Å². The third kappa shape index (κ3) is 2.37. The summed E-state index contributed by atoms with van der Waals surface area (Å²) in [6.45, 7) is 0.578. The lowest BCUT2D eigenvalue weighted by atomic mass is 10.2. The van der Waals surface area contributed by atoms with E-state index < -0.39 is 0 Å². The van der Waals surface area contributed by atoms with Crippen molar-refractivity contribution in [2.24, 2.45) is 5.73 Å². The molecule has 0 amide bonds. The quantitative estimate of drug-likeness (QED) is 0.863. The molecule has 0 saturated carbocycles. The van der Waals surface area contributed by atoms with Gasteiger partial charge in [-0.3, -0.25) is 4.98 Å². The van der Waals surface area contributed by atoms with E-state index in [1.165, 1.54) is 23.6 Å². The van der Waals surface area contributed by atoms with Crippen molar-refractivity contribution in [2.75, 3.05) is 6.54 Å². The van der Waals surface area contributed by atoms with Gasteiger partial charge in [0, 0.05) is 23.6 Å². The minimum Gasteiger partial charge on any atom is -0.330 e. The van der Waals surface area contributed by atoms with Crippen LogP contribution in [0.4, 0.5) is 4.39 Å². The number of nitrogens with zero attached hydrogens (tertiary/aromatic N) is 2. The highest BCUT2D eigenvalue weighted by Gasteiger charge is 2.05. The third-order valence-corrected chi connectivity index (χ3v) is 2.82. The summed E-state index contributed by atoms with van der Waals surface area (Å²) in [5.74, 6) is -0.346. The SMILES string of the molecule is NCCc1nc(-c2cncc(F)c2)cs1. The maximum Gasteiger partial charge on any atom is 0.142 e. The predicted molar refractivity (Wildman–Crippen MR) is 58.1 cm³/mol. The van der Waals surface area contributed by atoms with Crippen LogP contribution in [0.1, 0.15) is 5.01 Å². The lowest BCUT2D eigenvalue weighted by Gasteiger charge is -1.95. The number of halogens is 1. The fourth-order valence-corrected chi connectivity index (χ4v) is 2.06. The van der Waals surface area contributed by atoms with Crippen LogP contribution < -0.4 is 5.73 Å². The first kappa shape index (κ1) is 10.2. The molecule has 0 radical (unpaired) electrons. The van der Waals surface area contributed by atoms with Gasteiger partial charge in [0.05, 0.1) is 16.9 Å². The van der Waals surface area contributed by atoms with Crippen molar-refractivity contribution in [3.05, 3.63) is 34.7 Å². The Balaban J connectivity index is 2.29. The van der Waals surface area contributed by atoms with Crippen LogP contribution in [0.2, 0.25) is 0 Å². The van der Waals surface area contributed by atoms with Gasteiger partial charge in [-0.05, 0) is 12.6 Å². The molecule has 2 rings (SSSR count). The molecule has 0 atom stereocenters. The average Bonchev–Trinajstić information content (AvgIpc) is 2.67. The number of hydrogen-bond acceptors (Lipinski definition) is 4. The standard InChI is InChI=1S/C10H10FN3S/c11-8-3-7(4-13-5-8)9-6-15-10(14-9)1-2-12/h3-6H,1-2,12H2. The van der Waals surface area contributed by atoms with Gasteiger partial charge in [-0.1, -0.05) is 0 Å². The van der Waals surface area contributed by atoms with Crippen LogP contribution in [-0.4, -0.2) is 16.5 Å². The molecular formula is C10H10FN3S. The summed E-state index contributed by atoms with van der Waals surface area (Å²) >= 11 is 1.53. The topological polar surface area (TPSA) is 51.8 Å². The van der Waals surface area contributed by atoms with E-state index in [1.54, 1.807) is 6.20 Å². The van der Waals surface area contributed by atoms with Crippen LogP contribution in [0.3, 0.4) is 0 Å². The second-order valence-corrected chi connectivity index (χ2v) is 4.00. The molecule has 2 aromatic rings. The summed E-state index contributed by atoms with van der Waals surface area (Å²) in [5.41, 5.74) is 6.89. The smallest absolute Gasteiger partial charge is 0.142 e. The van der Waals surface area contributed by atoms with Gasteiger partial charge in [-0.15, -0.1) is 11.3 Å². The molecule has 0 unspecified atom stereocenters. The molecule has 15 heavy (non-hydrogen) atoms. The van der Waals surface area contributed by atoms with Gasteiger partial charge in [0.25, 0.3) is 0 Å². The van der Waals surface area contributed by atoms with Gasteiger partial charge in [0.15, 0.2) is 0 Å². The Morgan fingerprint density at radius 1 is 1.40 bits per heavy atom. The summed E-state index contributed by atoms with van der Waals surface area (Å²) in [7, 11) is 0. The Kier molecular flexibility index (Phi) is 3.03. The molecule has 3 nitrogen and oxygen atoms in total. The summed E-state index contributed by atoms with van der Waals surface area (Å²) in [6.07, 6.45) is 3.54. The van der Waals surface area contributed by atoms with E-state index >= 15 is 0 Å². The van der Waals surface area contributed by atoms with Crippen LogP contribution in [0, 0.1) is 5.82 Å². The van der Waals surface area contributed by atoms with E-state index in [1.807, 2.05) is 5.38 Å². The van der Waals surface area contributed by atoms with Crippen molar-refractivity contribution in [1.29, 1.82) is 0 Å². The Morgan fingerprint density at radius 3 is 3.00 bits per heavy atom. The van der Waals surface area contributed by atoms with Crippen LogP contribution in [0.15, 0.2) is 23.8 Å². The van der Waals surface area contributed by atoms with Gasteiger partial charge in [0.2, 0.25) is 0 Å². The lowest BCUT2D eigenvalue weighted by Crippen LogP contribution is -2.01. The van der Waals surface area contributed by atoms with E-state index in [0.717, 1.165) is 17.1 Å². The van der Waals surface area contributed by atoms with Crippen molar-refractivity contribution < 1.29 is 4.39 Å². The second-order valence-electron chi connectivity index (χ2n) is 3.06. The van der Waals surface area contributed by atoms with E-state index in [4.69, 9.17) is 5.73 Å². The number of hydrogen-bond donors (Lipinski definition) is 1. The van der Waals surface area contributed by atoms with Crippen LogP contribution in [0.25, 0.3) is 11.3 Å². The van der Waals surface area contributed by atoms with Gasteiger partial charge in [-0.25, -0.2) is 9.37 Å². The largest absolute Gasteiger partial charge is 0.330 e. The van der Waals surface area contributed by atoms with Crippen molar-refractivity contribution in [3.63, 3.8) is 0 Å². The fourth-order valence-electron chi connectivity index (χ4n) is 1.23. The number of thiazole rings is 1. The average molecular weight is 223 g/mol. The predicted octanol–water partition coefficient (Wildman–Crippen LogP) is 1.85. The lowest BCUT2D eigenvalue weighted by molar-refractivity contribution is 0.622. The normalized spacial score (nSPS) is 10.5. The number of aromatic nitrogens is 2. The van der Waals surface area contributed by atoms with Crippen molar-refractivity contribution in [2.45, 2.75) is 6.42 Å². The molecule has 0 aliphatic heterocycles. The van der Waals surface area contributed by atoms with Crippen LogP contribution in [0.5, 0.6) is 0 Å². The molecule has 2 N–H and O–H groups in total. The zero-order valence-corrected chi connectivity index (χ0v) is 8.80. The van der Waals surface area contributed by atoms with E-state index in [0.29, 0.717) is 12.1 Å². The highest BCUT2D eigenvalue weighted by molar-refractivity contribution is 7.09. The Hall–Kier alpha value is -1.33. The molecule has 2 aromatic heterocycles. The van der Waals surface area contributed by atoms with Gasteiger partial charge >= 0.3 is 0 Å². The summed E-state index contributed by atoms with van der Waals surface area (Å²) < 4.78 is 12.9. The first-order valence-corrected chi connectivity index (χ1v) is 5.43. The monoisotopic (exact) mass is 223 g/mol. The molecule has 5 heteroatoms. The van der Waals surface area contributed by atoms with E-state index in [9.17, 15) is 4.39 Å². The van der Waals surface area contributed by atoms with E-state index in [-0.39, 0.29) is 5.82 Å². The molecule has 78 valence electrons. The number of pyridine rings is 1. The summed E-state index contributed by atoms with van der Waals surface area (Å²) in [4.78, 5) is 8.12. The molecule has 0 bridgehead atoms. The fraction of sp³-hybridized carbons (Fsp3) is 0.200. The Bertz CT molecular complexity index is 455. The second kappa shape index (κ2) is 4.46. The van der Waals surface area contributed by atoms with Crippen molar-refractivity contribution in [3.8, 4) is 11.3 Å². The zero-order chi connectivity index (χ0) is 10.7. The highest BCUT2D eigenvalue weighted by atomic mass is 32.1. The first-order chi connectivity index (χ1) is 7.29. The minimum absolute atomic E-state index is 0.346. The van der Waals surface area contributed by atoms with Gasteiger partial charge in [-0.2, -0.15) is 0 Å². The molecule has 0 spiro atoms.